The number of aromatic nitrogens is 3. The van der Waals surface area contributed by atoms with E-state index in [1.54, 1.807) is 4.68 Å². The first-order chi connectivity index (χ1) is 8.76. The minimum absolute atomic E-state index is 0.716. The molecule has 3 aromatic rings. The summed E-state index contributed by atoms with van der Waals surface area (Å²) in [5, 5.41) is 11.3. The molecule has 0 N–H and O–H groups in total. The molecule has 0 radical (unpaired) electrons. The van der Waals surface area contributed by atoms with Crippen LogP contribution in [0, 0.1) is 0 Å². The van der Waals surface area contributed by atoms with Crippen LogP contribution in [0.15, 0.2) is 47.1 Å². The average Bonchev–Trinajstić information content (AvgIpc) is 2.87. The monoisotopic (exact) mass is 365 g/mol. The predicted octanol–water partition coefficient (Wildman–Crippen LogP) is 4.08. The lowest BCUT2D eigenvalue weighted by atomic mass is 10.1. The van der Waals surface area contributed by atoms with Gasteiger partial charge in [0, 0.05) is 9.80 Å². The molecule has 0 aliphatic heterocycles. The first kappa shape index (κ1) is 11.9. The van der Waals surface area contributed by atoms with Crippen LogP contribution in [0.1, 0.15) is 5.69 Å². The third-order valence-corrected chi connectivity index (χ3v) is 3.80. The van der Waals surface area contributed by atoms with E-state index in [1.165, 1.54) is 10.8 Å². The third-order valence-electron chi connectivity index (χ3n) is 2.73. The maximum absolute atomic E-state index is 4.11. The standard InChI is InChI=1S/C13H9Br2N3/c14-7-12-8-18(17-16-12)13-4-2-9-5-11(15)3-1-10(9)6-13/h1-6,8H,7H2. The number of rotatable bonds is 2. The Hall–Kier alpha value is -1.20. The SMILES string of the molecule is BrCc1cn(-c2ccc3cc(Br)ccc3c2)nn1. The molecule has 2 aromatic carbocycles. The van der Waals surface area contributed by atoms with E-state index in [4.69, 9.17) is 0 Å². The van der Waals surface area contributed by atoms with Crippen molar-refractivity contribution in [3.8, 4) is 5.69 Å². The lowest BCUT2D eigenvalue weighted by Crippen LogP contribution is -1.94. The Morgan fingerprint density at radius 1 is 1.06 bits per heavy atom. The van der Waals surface area contributed by atoms with Crippen LogP contribution >= 0.6 is 31.9 Å². The molecule has 0 unspecified atom stereocenters. The number of benzene rings is 2. The zero-order valence-corrected chi connectivity index (χ0v) is 12.5. The highest BCUT2D eigenvalue weighted by Crippen LogP contribution is 2.22. The second kappa shape index (κ2) is 4.82. The van der Waals surface area contributed by atoms with E-state index in [1.807, 2.05) is 18.3 Å². The Balaban J connectivity index is 2.10. The Morgan fingerprint density at radius 3 is 2.61 bits per heavy atom. The zero-order valence-electron chi connectivity index (χ0n) is 9.35. The fourth-order valence-electron chi connectivity index (χ4n) is 1.83. The van der Waals surface area contributed by atoms with Gasteiger partial charge < -0.3 is 0 Å². The molecule has 0 amide bonds. The van der Waals surface area contributed by atoms with E-state index in [2.05, 4.69) is 66.4 Å². The van der Waals surface area contributed by atoms with E-state index < -0.39 is 0 Å². The molecule has 0 saturated heterocycles. The highest BCUT2D eigenvalue weighted by molar-refractivity contribution is 9.10. The molecule has 1 aromatic heterocycles. The van der Waals surface area contributed by atoms with Crippen LogP contribution in [0.4, 0.5) is 0 Å². The van der Waals surface area contributed by atoms with Crippen molar-refractivity contribution in [1.29, 1.82) is 0 Å². The first-order valence-electron chi connectivity index (χ1n) is 5.43. The first-order valence-corrected chi connectivity index (χ1v) is 7.34. The van der Waals surface area contributed by atoms with Gasteiger partial charge in [0.1, 0.15) is 0 Å². The molecular formula is C13H9Br2N3. The molecule has 0 saturated carbocycles. The fraction of sp³-hybridized carbons (Fsp3) is 0.0769. The van der Waals surface area contributed by atoms with Crippen molar-refractivity contribution in [2.24, 2.45) is 0 Å². The third kappa shape index (κ3) is 2.20. The van der Waals surface area contributed by atoms with Gasteiger partial charge in [-0.15, -0.1) is 5.10 Å². The molecule has 90 valence electrons. The lowest BCUT2D eigenvalue weighted by molar-refractivity contribution is 0.801. The number of hydrogen-bond acceptors (Lipinski definition) is 2. The van der Waals surface area contributed by atoms with Crippen LogP contribution in [-0.4, -0.2) is 15.0 Å². The summed E-state index contributed by atoms with van der Waals surface area (Å²) >= 11 is 6.85. The maximum Gasteiger partial charge on any atom is 0.0937 e. The van der Waals surface area contributed by atoms with Gasteiger partial charge in [0.25, 0.3) is 0 Å². The Kier molecular flexibility index (Phi) is 3.18. The second-order valence-corrected chi connectivity index (χ2v) is 5.44. The highest BCUT2D eigenvalue weighted by Gasteiger charge is 2.03. The number of nitrogens with zero attached hydrogens (tertiary/aromatic N) is 3. The zero-order chi connectivity index (χ0) is 12.5. The molecule has 3 rings (SSSR count). The van der Waals surface area contributed by atoms with Crippen molar-refractivity contribution in [2.75, 3.05) is 0 Å². The van der Waals surface area contributed by atoms with Gasteiger partial charge in [-0.25, -0.2) is 4.68 Å². The minimum atomic E-state index is 0.716. The van der Waals surface area contributed by atoms with Crippen LogP contribution in [0.25, 0.3) is 16.5 Å². The van der Waals surface area contributed by atoms with Crippen molar-refractivity contribution >= 4 is 42.6 Å². The van der Waals surface area contributed by atoms with Gasteiger partial charge in [-0.05, 0) is 35.0 Å². The summed E-state index contributed by atoms with van der Waals surface area (Å²) < 4.78 is 2.88. The quantitative estimate of drug-likeness (QED) is 0.640. The fourth-order valence-corrected chi connectivity index (χ4v) is 2.47. The van der Waals surface area contributed by atoms with Gasteiger partial charge in [-0.2, -0.15) is 0 Å². The summed E-state index contributed by atoms with van der Waals surface area (Å²) in [6.45, 7) is 0. The molecule has 5 heteroatoms. The highest BCUT2D eigenvalue weighted by atomic mass is 79.9. The number of halogens is 2. The van der Waals surface area contributed by atoms with E-state index in [-0.39, 0.29) is 0 Å². The Morgan fingerprint density at radius 2 is 1.83 bits per heavy atom. The molecule has 0 spiro atoms. The smallest absolute Gasteiger partial charge is 0.0937 e. The summed E-state index contributed by atoms with van der Waals surface area (Å²) in [5.74, 6) is 0. The van der Waals surface area contributed by atoms with Crippen LogP contribution < -0.4 is 0 Å². The summed E-state index contributed by atoms with van der Waals surface area (Å²) in [4.78, 5) is 0. The Bertz CT molecular complexity index is 706. The summed E-state index contributed by atoms with van der Waals surface area (Å²) in [6.07, 6.45) is 1.93. The maximum atomic E-state index is 4.11. The number of alkyl halides is 1. The van der Waals surface area contributed by atoms with Crippen LogP contribution in [-0.2, 0) is 5.33 Å². The predicted molar refractivity (Wildman–Crippen MR) is 79.2 cm³/mol. The summed E-state index contributed by atoms with van der Waals surface area (Å²) in [5.41, 5.74) is 1.94. The van der Waals surface area contributed by atoms with E-state index in [0.29, 0.717) is 5.33 Å². The van der Waals surface area contributed by atoms with Crippen molar-refractivity contribution < 1.29 is 0 Å². The lowest BCUT2D eigenvalue weighted by Gasteiger charge is -2.03. The van der Waals surface area contributed by atoms with Crippen LogP contribution in [0.5, 0.6) is 0 Å². The van der Waals surface area contributed by atoms with E-state index >= 15 is 0 Å². The molecule has 0 bridgehead atoms. The summed E-state index contributed by atoms with van der Waals surface area (Å²) in [6, 6.07) is 12.5. The normalized spacial score (nSPS) is 11.0. The molecule has 0 atom stereocenters. The molecule has 3 nitrogen and oxygen atoms in total. The largest absolute Gasteiger partial charge is 0.220 e. The molecule has 18 heavy (non-hydrogen) atoms. The molecule has 1 heterocycles. The molecule has 0 aliphatic carbocycles. The van der Waals surface area contributed by atoms with Gasteiger partial charge in [-0.1, -0.05) is 49.2 Å². The van der Waals surface area contributed by atoms with Gasteiger partial charge in [0.2, 0.25) is 0 Å². The van der Waals surface area contributed by atoms with Crippen LogP contribution in [0.2, 0.25) is 0 Å². The van der Waals surface area contributed by atoms with Crippen LogP contribution in [0.3, 0.4) is 0 Å². The van der Waals surface area contributed by atoms with Crippen molar-refractivity contribution in [3.63, 3.8) is 0 Å². The van der Waals surface area contributed by atoms with Gasteiger partial charge in [0.15, 0.2) is 0 Å². The number of hydrogen-bond donors (Lipinski definition) is 0. The molecule has 0 fully saturated rings. The Labute approximate surface area is 121 Å². The van der Waals surface area contributed by atoms with E-state index in [0.717, 1.165) is 15.9 Å². The van der Waals surface area contributed by atoms with Crippen molar-refractivity contribution in [2.45, 2.75) is 5.33 Å². The average molecular weight is 367 g/mol. The van der Waals surface area contributed by atoms with Crippen molar-refractivity contribution in [3.05, 3.63) is 52.8 Å². The van der Waals surface area contributed by atoms with Crippen molar-refractivity contribution in [1.82, 2.24) is 15.0 Å². The molecular weight excluding hydrogens is 358 g/mol. The second-order valence-electron chi connectivity index (χ2n) is 3.96. The molecule has 0 aliphatic rings. The van der Waals surface area contributed by atoms with E-state index in [9.17, 15) is 0 Å². The minimum Gasteiger partial charge on any atom is -0.220 e. The summed E-state index contributed by atoms with van der Waals surface area (Å²) in [7, 11) is 0. The topological polar surface area (TPSA) is 30.7 Å². The van der Waals surface area contributed by atoms with Gasteiger partial charge >= 0.3 is 0 Å². The van der Waals surface area contributed by atoms with Gasteiger partial charge in [-0.3, -0.25) is 0 Å². The van der Waals surface area contributed by atoms with Gasteiger partial charge in [0.05, 0.1) is 17.6 Å². The number of fused-ring (bicyclic) bond motifs is 1.